The number of carboxylic acid groups (broad SMARTS) is 1. The second kappa shape index (κ2) is 6.21. The number of carbonyl (C=O) groups is 3. The molecule has 2 rings (SSSR count). The van der Waals surface area contributed by atoms with E-state index in [0.29, 0.717) is 6.42 Å². The number of carbonyl (C=O) groups excluding carboxylic acids is 3. The fourth-order valence-corrected chi connectivity index (χ4v) is 2.40. The van der Waals surface area contributed by atoms with Crippen LogP contribution in [0.3, 0.4) is 0 Å². The fraction of sp³-hybridized carbons (Fsp3) is 0.267. The summed E-state index contributed by atoms with van der Waals surface area (Å²) in [6, 6.07) is 6.32. The van der Waals surface area contributed by atoms with Crippen molar-refractivity contribution in [1.82, 2.24) is 0 Å². The van der Waals surface area contributed by atoms with Crippen LogP contribution in [0.15, 0.2) is 36.4 Å². The number of nitrogens with one attached hydrogen (secondary N) is 1. The van der Waals surface area contributed by atoms with E-state index in [0.717, 1.165) is 0 Å². The third kappa shape index (κ3) is 3.28. The SMILES string of the molecule is NC(=O)c1ccccc1NC(=O)[C@H]1CC=CC[C@H]1C(=O)[O-]. The topological polar surface area (TPSA) is 112 Å². The number of para-hydroxylation sites is 1. The van der Waals surface area contributed by atoms with E-state index >= 15 is 0 Å². The standard InChI is InChI=1S/C15H16N2O4/c16-13(18)11-7-3-4-8-12(11)17-14(19)9-5-1-2-6-10(9)15(20)21/h1-4,7-10H,5-6H2,(H2,16,18)(H,17,19)(H,20,21)/p-1/t9-,10+/m0/s1. The van der Waals surface area contributed by atoms with Crippen molar-refractivity contribution in [3.8, 4) is 0 Å². The molecule has 0 saturated carbocycles. The summed E-state index contributed by atoms with van der Waals surface area (Å²) in [6.45, 7) is 0. The largest absolute Gasteiger partial charge is 0.550 e. The molecule has 0 saturated heterocycles. The molecule has 1 aliphatic rings. The molecule has 21 heavy (non-hydrogen) atoms. The summed E-state index contributed by atoms with van der Waals surface area (Å²) >= 11 is 0. The highest BCUT2D eigenvalue weighted by Gasteiger charge is 2.30. The minimum atomic E-state index is -1.25. The van der Waals surface area contributed by atoms with Crippen molar-refractivity contribution in [2.24, 2.45) is 17.6 Å². The summed E-state index contributed by atoms with van der Waals surface area (Å²) in [5.74, 6) is -3.95. The summed E-state index contributed by atoms with van der Waals surface area (Å²) in [5.41, 5.74) is 5.70. The molecule has 6 heteroatoms. The smallest absolute Gasteiger partial charge is 0.250 e. The van der Waals surface area contributed by atoms with Crippen LogP contribution >= 0.6 is 0 Å². The summed E-state index contributed by atoms with van der Waals surface area (Å²) in [5, 5.41) is 13.7. The number of primary amides is 1. The van der Waals surface area contributed by atoms with Crippen LogP contribution in [0, 0.1) is 11.8 Å². The Labute approximate surface area is 121 Å². The lowest BCUT2D eigenvalue weighted by atomic mass is 9.82. The van der Waals surface area contributed by atoms with Crippen molar-refractivity contribution in [1.29, 1.82) is 0 Å². The molecule has 2 atom stereocenters. The second-order valence-electron chi connectivity index (χ2n) is 4.87. The van der Waals surface area contributed by atoms with Crippen molar-refractivity contribution in [3.63, 3.8) is 0 Å². The molecule has 3 N–H and O–H groups in total. The number of aliphatic carboxylic acids is 1. The molecule has 0 fully saturated rings. The highest BCUT2D eigenvalue weighted by atomic mass is 16.4. The highest BCUT2D eigenvalue weighted by molar-refractivity contribution is 6.04. The minimum absolute atomic E-state index is 0.183. The molecule has 0 heterocycles. The Balaban J connectivity index is 2.20. The molecule has 110 valence electrons. The normalized spacial score (nSPS) is 20.8. The Hall–Kier alpha value is -2.63. The van der Waals surface area contributed by atoms with Crippen molar-refractivity contribution in [3.05, 3.63) is 42.0 Å². The highest BCUT2D eigenvalue weighted by Crippen LogP contribution is 2.27. The Kier molecular flexibility index (Phi) is 4.37. The van der Waals surface area contributed by atoms with Gasteiger partial charge in [-0.25, -0.2) is 0 Å². The molecule has 1 aromatic carbocycles. The van der Waals surface area contributed by atoms with Gasteiger partial charge in [-0.3, -0.25) is 9.59 Å². The summed E-state index contributed by atoms with van der Waals surface area (Å²) < 4.78 is 0. The second-order valence-corrected chi connectivity index (χ2v) is 4.87. The van der Waals surface area contributed by atoms with Crippen molar-refractivity contribution in [2.75, 3.05) is 5.32 Å². The lowest BCUT2D eigenvalue weighted by Crippen LogP contribution is -2.41. The molecule has 1 aliphatic carbocycles. The van der Waals surface area contributed by atoms with Gasteiger partial charge in [-0.1, -0.05) is 24.3 Å². The Morgan fingerprint density at radius 3 is 2.33 bits per heavy atom. The molecular formula is C15H15N2O4-. The van der Waals surface area contributed by atoms with E-state index < -0.39 is 29.6 Å². The van der Waals surface area contributed by atoms with E-state index in [4.69, 9.17) is 5.73 Å². The number of hydrogen-bond donors (Lipinski definition) is 2. The van der Waals surface area contributed by atoms with Crippen molar-refractivity contribution in [2.45, 2.75) is 12.8 Å². The number of anilines is 1. The van der Waals surface area contributed by atoms with Crippen LogP contribution in [0.5, 0.6) is 0 Å². The minimum Gasteiger partial charge on any atom is -0.550 e. The number of carboxylic acids is 1. The molecule has 1 aromatic rings. The van der Waals surface area contributed by atoms with Gasteiger partial charge in [-0.2, -0.15) is 0 Å². The van der Waals surface area contributed by atoms with E-state index in [1.807, 2.05) is 0 Å². The third-order valence-electron chi connectivity index (χ3n) is 3.52. The van der Waals surface area contributed by atoms with Crippen LogP contribution < -0.4 is 16.2 Å². The van der Waals surface area contributed by atoms with Crippen LogP contribution in [0.25, 0.3) is 0 Å². The molecule has 0 radical (unpaired) electrons. The van der Waals surface area contributed by atoms with Gasteiger partial charge in [0.05, 0.1) is 17.2 Å². The predicted octanol–water partition coefficient (Wildman–Crippen LogP) is 0.0563. The number of hydrogen-bond acceptors (Lipinski definition) is 4. The number of amides is 2. The third-order valence-corrected chi connectivity index (χ3v) is 3.52. The number of rotatable bonds is 4. The molecule has 6 nitrogen and oxygen atoms in total. The quantitative estimate of drug-likeness (QED) is 0.762. The molecule has 0 aliphatic heterocycles. The number of nitrogens with two attached hydrogens (primary N) is 1. The zero-order chi connectivity index (χ0) is 15.4. The van der Waals surface area contributed by atoms with Crippen LogP contribution in [0.4, 0.5) is 5.69 Å². The van der Waals surface area contributed by atoms with E-state index in [-0.39, 0.29) is 17.7 Å². The lowest BCUT2D eigenvalue weighted by molar-refractivity contribution is -0.313. The zero-order valence-corrected chi connectivity index (χ0v) is 11.2. The van der Waals surface area contributed by atoms with Crippen LogP contribution in [0.2, 0.25) is 0 Å². The summed E-state index contributed by atoms with van der Waals surface area (Å²) in [4.78, 5) is 34.7. The summed E-state index contributed by atoms with van der Waals surface area (Å²) in [6.07, 6.45) is 4.08. The summed E-state index contributed by atoms with van der Waals surface area (Å²) in [7, 11) is 0. The molecule has 0 unspecified atom stereocenters. The van der Waals surface area contributed by atoms with Crippen LogP contribution in [-0.2, 0) is 9.59 Å². The maximum absolute atomic E-state index is 12.3. The first kappa shape index (κ1) is 14.8. The van der Waals surface area contributed by atoms with E-state index in [1.165, 1.54) is 6.07 Å². The first-order valence-electron chi connectivity index (χ1n) is 6.56. The average molecular weight is 287 g/mol. The lowest BCUT2D eigenvalue weighted by Gasteiger charge is -2.28. The maximum atomic E-state index is 12.3. The fourth-order valence-electron chi connectivity index (χ4n) is 2.40. The molecule has 0 bridgehead atoms. The first-order chi connectivity index (χ1) is 10.0. The molecule has 2 amide bonds. The van der Waals surface area contributed by atoms with Gasteiger partial charge in [0.2, 0.25) is 5.91 Å². The predicted molar refractivity (Wildman–Crippen MR) is 74.0 cm³/mol. The zero-order valence-electron chi connectivity index (χ0n) is 11.2. The van der Waals surface area contributed by atoms with Gasteiger partial charge in [0.15, 0.2) is 0 Å². The Morgan fingerprint density at radius 2 is 1.71 bits per heavy atom. The van der Waals surface area contributed by atoms with Crippen LogP contribution in [-0.4, -0.2) is 17.8 Å². The molecule has 0 spiro atoms. The van der Waals surface area contributed by atoms with Crippen molar-refractivity contribution >= 4 is 23.5 Å². The number of allylic oxidation sites excluding steroid dienone is 2. The van der Waals surface area contributed by atoms with Gasteiger partial charge in [-0.15, -0.1) is 0 Å². The Bertz CT molecular complexity index is 609. The van der Waals surface area contributed by atoms with Gasteiger partial charge in [0.1, 0.15) is 0 Å². The van der Waals surface area contributed by atoms with Gasteiger partial charge in [-0.05, 0) is 25.0 Å². The van der Waals surface area contributed by atoms with Gasteiger partial charge >= 0.3 is 0 Å². The van der Waals surface area contributed by atoms with Gasteiger partial charge in [0.25, 0.3) is 5.91 Å². The molecular weight excluding hydrogens is 272 g/mol. The van der Waals surface area contributed by atoms with E-state index in [1.54, 1.807) is 30.4 Å². The average Bonchev–Trinajstić information content (AvgIpc) is 2.47. The van der Waals surface area contributed by atoms with Crippen LogP contribution in [0.1, 0.15) is 23.2 Å². The van der Waals surface area contributed by atoms with Crippen molar-refractivity contribution < 1.29 is 19.5 Å². The maximum Gasteiger partial charge on any atom is 0.250 e. The number of benzene rings is 1. The van der Waals surface area contributed by atoms with Gasteiger partial charge in [0, 0.05) is 11.9 Å². The first-order valence-corrected chi connectivity index (χ1v) is 6.56. The molecule has 0 aromatic heterocycles. The van der Waals surface area contributed by atoms with Gasteiger partial charge < -0.3 is 21.0 Å². The van der Waals surface area contributed by atoms with E-state index in [2.05, 4.69) is 5.32 Å². The van der Waals surface area contributed by atoms with E-state index in [9.17, 15) is 19.5 Å². The monoisotopic (exact) mass is 287 g/mol. The Morgan fingerprint density at radius 1 is 1.10 bits per heavy atom.